The zero-order valence-corrected chi connectivity index (χ0v) is 13.2. The van der Waals surface area contributed by atoms with Crippen molar-refractivity contribution >= 4 is 25.1 Å². The SMILES string of the molecule is CC(C)(C)[Si](C)(C)Oc1ccc(C(Cl)=NO)cc1. The zero-order valence-electron chi connectivity index (χ0n) is 11.5. The van der Waals surface area contributed by atoms with Gasteiger partial charge >= 0.3 is 0 Å². The predicted octanol–water partition coefficient (Wildman–Crippen LogP) is 4.45. The highest BCUT2D eigenvalue weighted by atomic mass is 35.5. The first kappa shape index (κ1) is 15.1. The Bertz CT molecular complexity index is 435. The Morgan fingerprint density at radius 3 is 2.11 bits per heavy atom. The maximum atomic E-state index is 8.58. The fourth-order valence-electron chi connectivity index (χ4n) is 1.17. The summed E-state index contributed by atoms with van der Waals surface area (Å²) in [5, 5.41) is 11.8. The van der Waals surface area contributed by atoms with Crippen LogP contribution in [0.15, 0.2) is 29.4 Å². The molecule has 0 saturated carbocycles. The molecule has 0 atom stereocenters. The second-order valence-corrected chi connectivity index (χ2v) is 10.9. The number of hydrogen-bond donors (Lipinski definition) is 1. The molecular weight excluding hydrogens is 266 g/mol. The monoisotopic (exact) mass is 285 g/mol. The van der Waals surface area contributed by atoms with Crippen LogP contribution in [0, 0.1) is 0 Å². The number of rotatable bonds is 3. The third-order valence-corrected chi connectivity index (χ3v) is 8.01. The minimum Gasteiger partial charge on any atom is -0.544 e. The smallest absolute Gasteiger partial charge is 0.250 e. The minimum absolute atomic E-state index is 0.0777. The summed E-state index contributed by atoms with van der Waals surface area (Å²) in [6.07, 6.45) is 0. The van der Waals surface area contributed by atoms with Crippen LogP contribution in [0.5, 0.6) is 5.75 Å². The van der Waals surface area contributed by atoms with Crippen molar-refractivity contribution < 1.29 is 9.63 Å². The van der Waals surface area contributed by atoms with Gasteiger partial charge in [0.05, 0.1) is 0 Å². The fourth-order valence-corrected chi connectivity index (χ4v) is 2.32. The van der Waals surface area contributed by atoms with Gasteiger partial charge in [0.2, 0.25) is 8.32 Å². The van der Waals surface area contributed by atoms with E-state index in [1.165, 1.54) is 0 Å². The van der Waals surface area contributed by atoms with Crippen LogP contribution >= 0.6 is 11.6 Å². The summed E-state index contributed by atoms with van der Waals surface area (Å²) in [5.41, 5.74) is 0.668. The van der Waals surface area contributed by atoms with E-state index in [-0.39, 0.29) is 10.2 Å². The third kappa shape index (κ3) is 3.49. The van der Waals surface area contributed by atoms with Crippen molar-refractivity contribution in [3.05, 3.63) is 29.8 Å². The van der Waals surface area contributed by atoms with Crippen molar-refractivity contribution in [2.75, 3.05) is 0 Å². The van der Waals surface area contributed by atoms with Gasteiger partial charge in [0.1, 0.15) is 5.75 Å². The molecule has 1 rings (SSSR count). The van der Waals surface area contributed by atoms with E-state index in [1.54, 1.807) is 12.1 Å². The lowest BCUT2D eigenvalue weighted by Crippen LogP contribution is -2.43. The summed E-state index contributed by atoms with van der Waals surface area (Å²) in [5.74, 6) is 0.827. The molecular formula is C13H20ClNO2Si. The molecule has 3 nitrogen and oxygen atoms in total. The molecule has 0 bridgehead atoms. The van der Waals surface area contributed by atoms with E-state index >= 15 is 0 Å². The van der Waals surface area contributed by atoms with Crippen LogP contribution in [0.4, 0.5) is 0 Å². The van der Waals surface area contributed by atoms with Gasteiger partial charge in [0, 0.05) is 5.56 Å². The fraction of sp³-hybridized carbons (Fsp3) is 0.462. The molecule has 0 saturated heterocycles. The van der Waals surface area contributed by atoms with Crippen molar-refractivity contribution in [3.8, 4) is 5.75 Å². The highest BCUT2D eigenvalue weighted by Crippen LogP contribution is 2.37. The molecule has 1 aromatic rings. The lowest BCUT2D eigenvalue weighted by Gasteiger charge is -2.36. The van der Waals surface area contributed by atoms with Crippen LogP contribution in [-0.2, 0) is 0 Å². The highest BCUT2D eigenvalue weighted by molar-refractivity contribution is 6.74. The first-order valence-corrected chi connectivity index (χ1v) is 9.13. The first-order chi connectivity index (χ1) is 8.17. The molecule has 0 amide bonds. The molecule has 1 aromatic carbocycles. The number of benzene rings is 1. The van der Waals surface area contributed by atoms with Gasteiger partial charge in [-0.3, -0.25) is 0 Å². The molecule has 0 radical (unpaired) electrons. The quantitative estimate of drug-likeness (QED) is 0.386. The standard InChI is InChI=1S/C13H20ClNO2Si/c1-13(2,3)18(4,5)17-11-8-6-10(7-9-11)12(14)15-16/h6-9,16H,1-5H3. The molecule has 0 fully saturated rings. The van der Waals surface area contributed by atoms with E-state index < -0.39 is 8.32 Å². The molecule has 100 valence electrons. The second-order valence-electron chi connectivity index (χ2n) is 5.78. The van der Waals surface area contributed by atoms with E-state index in [9.17, 15) is 0 Å². The zero-order chi connectivity index (χ0) is 14.0. The van der Waals surface area contributed by atoms with Gasteiger partial charge in [-0.15, -0.1) is 0 Å². The van der Waals surface area contributed by atoms with Crippen LogP contribution in [-0.4, -0.2) is 18.7 Å². The van der Waals surface area contributed by atoms with Crippen LogP contribution in [0.2, 0.25) is 18.1 Å². The predicted molar refractivity (Wildman–Crippen MR) is 78.4 cm³/mol. The Morgan fingerprint density at radius 2 is 1.72 bits per heavy atom. The van der Waals surface area contributed by atoms with E-state index in [4.69, 9.17) is 21.2 Å². The van der Waals surface area contributed by atoms with Crippen LogP contribution in [0.25, 0.3) is 0 Å². The Balaban J connectivity index is 2.88. The lowest BCUT2D eigenvalue weighted by molar-refractivity contribution is 0.321. The molecule has 1 N–H and O–H groups in total. The topological polar surface area (TPSA) is 41.8 Å². The van der Waals surface area contributed by atoms with Gasteiger partial charge < -0.3 is 9.63 Å². The third-order valence-electron chi connectivity index (χ3n) is 3.36. The van der Waals surface area contributed by atoms with Gasteiger partial charge in [-0.2, -0.15) is 0 Å². The average Bonchev–Trinajstić information content (AvgIpc) is 2.27. The Labute approximate surface area is 115 Å². The average molecular weight is 286 g/mol. The molecule has 18 heavy (non-hydrogen) atoms. The molecule has 0 aliphatic rings. The molecule has 0 spiro atoms. The Kier molecular flexibility index (Phi) is 4.45. The minimum atomic E-state index is -1.81. The number of oxime groups is 1. The van der Waals surface area contributed by atoms with Gasteiger partial charge in [-0.05, 0) is 42.4 Å². The second kappa shape index (κ2) is 5.32. The van der Waals surface area contributed by atoms with Crippen molar-refractivity contribution in [3.63, 3.8) is 0 Å². The normalized spacial score (nSPS) is 13.6. The van der Waals surface area contributed by atoms with E-state index in [1.807, 2.05) is 12.1 Å². The molecule has 0 aromatic heterocycles. The van der Waals surface area contributed by atoms with Crippen molar-refractivity contribution in [2.24, 2.45) is 5.16 Å². The van der Waals surface area contributed by atoms with Gasteiger partial charge in [0.15, 0.2) is 5.17 Å². The van der Waals surface area contributed by atoms with Gasteiger partial charge in [-0.1, -0.05) is 37.5 Å². The maximum absolute atomic E-state index is 8.58. The lowest BCUT2D eigenvalue weighted by atomic mass is 10.2. The summed E-state index contributed by atoms with van der Waals surface area (Å²) in [7, 11) is -1.81. The largest absolute Gasteiger partial charge is 0.544 e. The summed E-state index contributed by atoms with van der Waals surface area (Å²) in [6, 6.07) is 7.27. The summed E-state index contributed by atoms with van der Waals surface area (Å²) in [6.45, 7) is 11.0. The van der Waals surface area contributed by atoms with Gasteiger partial charge in [-0.25, -0.2) is 0 Å². The molecule has 0 aliphatic heterocycles. The number of halogens is 1. The van der Waals surface area contributed by atoms with Gasteiger partial charge in [0.25, 0.3) is 0 Å². The Morgan fingerprint density at radius 1 is 1.22 bits per heavy atom. The molecule has 0 aliphatic carbocycles. The first-order valence-electron chi connectivity index (χ1n) is 5.84. The van der Waals surface area contributed by atoms with Crippen LogP contribution in [0.1, 0.15) is 26.3 Å². The summed E-state index contributed by atoms with van der Waals surface area (Å²) in [4.78, 5) is 0. The van der Waals surface area contributed by atoms with E-state index in [2.05, 4.69) is 39.0 Å². The van der Waals surface area contributed by atoms with E-state index in [0.717, 1.165) is 5.75 Å². The molecule has 5 heteroatoms. The van der Waals surface area contributed by atoms with Crippen molar-refractivity contribution in [2.45, 2.75) is 38.9 Å². The maximum Gasteiger partial charge on any atom is 0.250 e. The van der Waals surface area contributed by atoms with Crippen molar-refractivity contribution in [1.29, 1.82) is 0 Å². The van der Waals surface area contributed by atoms with Crippen molar-refractivity contribution in [1.82, 2.24) is 0 Å². The number of hydrogen-bond acceptors (Lipinski definition) is 3. The molecule has 0 heterocycles. The van der Waals surface area contributed by atoms with Crippen LogP contribution < -0.4 is 4.43 Å². The summed E-state index contributed by atoms with van der Waals surface area (Å²) < 4.78 is 6.13. The number of nitrogens with zero attached hydrogens (tertiary/aromatic N) is 1. The Hall–Kier alpha value is -1.00. The molecule has 0 unspecified atom stereocenters. The van der Waals surface area contributed by atoms with E-state index in [0.29, 0.717) is 5.56 Å². The summed E-state index contributed by atoms with van der Waals surface area (Å²) >= 11 is 5.72. The van der Waals surface area contributed by atoms with Crippen LogP contribution in [0.3, 0.4) is 0 Å². The highest BCUT2D eigenvalue weighted by Gasteiger charge is 2.38.